The molecule has 0 radical (unpaired) electrons. The van der Waals surface area contributed by atoms with E-state index >= 15 is 0 Å². The molecule has 1 unspecified atom stereocenters. The van der Waals surface area contributed by atoms with Crippen molar-refractivity contribution in [3.05, 3.63) is 28.8 Å². The Morgan fingerprint density at radius 3 is 2.73 bits per heavy atom. The van der Waals surface area contributed by atoms with E-state index < -0.39 is 11.7 Å². The van der Waals surface area contributed by atoms with Crippen molar-refractivity contribution >= 4 is 17.4 Å². The monoisotopic (exact) mass is 226 g/mol. The van der Waals surface area contributed by atoms with Crippen molar-refractivity contribution in [3.63, 3.8) is 0 Å². The summed E-state index contributed by atoms with van der Waals surface area (Å²) in [6.07, 6.45) is -0.842. The molecule has 0 saturated heterocycles. The summed E-state index contributed by atoms with van der Waals surface area (Å²) in [6, 6.07) is 4.85. The van der Waals surface area contributed by atoms with E-state index in [1.54, 1.807) is 32.0 Å². The van der Waals surface area contributed by atoms with E-state index in [0.29, 0.717) is 16.3 Å². The minimum atomic E-state index is -1.19. The first-order chi connectivity index (χ1) is 6.89. The van der Waals surface area contributed by atoms with Crippen LogP contribution in [0, 0.1) is 0 Å². The molecule has 80 valence electrons. The van der Waals surface area contributed by atoms with Gasteiger partial charge in [0.05, 0.1) is 5.56 Å². The van der Waals surface area contributed by atoms with Crippen molar-refractivity contribution in [2.24, 2.45) is 0 Å². The summed E-state index contributed by atoms with van der Waals surface area (Å²) in [5.41, 5.74) is -0.752. The molecule has 1 heterocycles. The van der Waals surface area contributed by atoms with Crippen molar-refractivity contribution in [2.75, 3.05) is 0 Å². The first-order valence-electron chi connectivity index (χ1n) is 4.62. The van der Waals surface area contributed by atoms with Crippen molar-refractivity contribution in [2.45, 2.75) is 25.6 Å². The summed E-state index contributed by atoms with van der Waals surface area (Å²) < 4.78 is 5.38. The third kappa shape index (κ3) is 1.73. The second-order valence-corrected chi connectivity index (χ2v) is 4.59. The lowest BCUT2D eigenvalue weighted by molar-refractivity contribution is -0.0139. The van der Waals surface area contributed by atoms with Crippen LogP contribution in [-0.4, -0.2) is 22.6 Å². The highest BCUT2D eigenvalue weighted by atomic mass is 35.5. The van der Waals surface area contributed by atoms with E-state index in [2.05, 4.69) is 0 Å². The zero-order valence-electron chi connectivity index (χ0n) is 8.45. The zero-order valence-corrected chi connectivity index (χ0v) is 9.21. The average Bonchev–Trinajstić information content (AvgIpc) is 2.43. The number of aliphatic hydroxyl groups is 1. The predicted molar refractivity (Wildman–Crippen MR) is 56.5 cm³/mol. The lowest BCUT2D eigenvalue weighted by Crippen LogP contribution is -2.43. The van der Waals surface area contributed by atoms with E-state index in [-0.39, 0.29) is 5.78 Å². The van der Waals surface area contributed by atoms with Gasteiger partial charge in [-0.2, -0.15) is 0 Å². The number of fused-ring (bicyclic) bond motifs is 1. The van der Waals surface area contributed by atoms with Crippen LogP contribution in [0.3, 0.4) is 0 Å². The Hall–Kier alpha value is -1.06. The number of ketones is 1. The highest BCUT2D eigenvalue weighted by Crippen LogP contribution is 2.34. The Balaban J connectivity index is 2.42. The molecule has 0 amide bonds. The van der Waals surface area contributed by atoms with Gasteiger partial charge in [-0.05, 0) is 32.0 Å². The van der Waals surface area contributed by atoms with Gasteiger partial charge in [0, 0.05) is 5.02 Å². The van der Waals surface area contributed by atoms with Crippen LogP contribution in [0.5, 0.6) is 5.75 Å². The summed E-state index contributed by atoms with van der Waals surface area (Å²) in [4.78, 5) is 11.9. The van der Waals surface area contributed by atoms with Crippen molar-refractivity contribution in [1.82, 2.24) is 0 Å². The van der Waals surface area contributed by atoms with Gasteiger partial charge in [0.2, 0.25) is 5.78 Å². The molecular weight excluding hydrogens is 216 g/mol. The van der Waals surface area contributed by atoms with Crippen LogP contribution < -0.4 is 4.74 Å². The number of carbonyl (C=O) groups excluding carboxylic acids is 1. The van der Waals surface area contributed by atoms with Crippen LogP contribution in [0.1, 0.15) is 24.2 Å². The van der Waals surface area contributed by atoms with Crippen molar-refractivity contribution < 1.29 is 14.6 Å². The molecule has 0 fully saturated rings. The molecule has 1 aromatic carbocycles. The number of rotatable bonds is 1. The number of benzene rings is 1. The van der Waals surface area contributed by atoms with Gasteiger partial charge in [0.15, 0.2) is 6.10 Å². The number of halogens is 1. The number of hydrogen-bond acceptors (Lipinski definition) is 3. The minimum absolute atomic E-state index is 0.222. The summed E-state index contributed by atoms with van der Waals surface area (Å²) in [5.74, 6) is 0.261. The zero-order chi connectivity index (χ0) is 11.2. The number of Topliss-reactive ketones (excluding diaryl/α,β-unsaturated/α-hetero) is 1. The fraction of sp³-hybridized carbons (Fsp3) is 0.364. The fourth-order valence-electron chi connectivity index (χ4n) is 1.58. The topological polar surface area (TPSA) is 46.5 Å². The minimum Gasteiger partial charge on any atom is -0.478 e. The standard InChI is InChI=1S/C11H11ClO3/c1-11(2,14)10-9(13)7-5-6(12)3-4-8(7)15-10/h3-5,10,14H,1-2H3. The Labute approximate surface area is 92.6 Å². The maximum absolute atomic E-state index is 11.9. The largest absolute Gasteiger partial charge is 0.478 e. The Morgan fingerprint density at radius 1 is 1.47 bits per heavy atom. The first kappa shape index (κ1) is 10.5. The number of carbonyl (C=O) groups is 1. The lowest BCUT2D eigenvalue weighted by Gasteiger charge is -2.23. The Kier molecular flexibility index (Phi) is 2.24. The lowest BCUT2D eigenvalue weighted by atomic mass is 9.96. The van der Waals surface area contributed by atoms with Crippen LogP contribution in [0.25, 0.3) is 0 Å². The van der Waals surface area contributed by atoms with Crippen LogP contribution in [0.4, 0.5) is 0 Å². The van der Waals surface area contributed by atoms with Crippen LogP contribution in [0.2, 0.25) is 5.02 Å². The van der Waals surface area contributed by atoms with Gasteiger partial charge in [0.25, 0.3) is 0 Å². The maximum atomic E-state index is 11.9. The van der Waals surface area contributed by atoms with E-state index in [1.165, 1.54) is 0 Å². The highest BCUT2D eigenvalue weighted by Gasteiger charge is 2.42. The third-order valence-corrected chi connectivity index (χ3v) is 2.57. The first-order valence-corrected chi connectivity index (χ1v) is 5.00. The SMILES string of the molecule is CC(C)(O)C1Oc2ccc(Cl)cc2C1=O. The molecule has 4 heteroatoms. The van der Waals surface area contributed by atoms with E-state index in [1.807, 2.05) is 0 Å². The van der Waals surface area contributed by atoms with Gasteiger partial charge in [-0.1, -0.05) is 11.6 Å². The molecule has 15 heavy (non-hydrogen) atoms. The quantitative estimate of drug-likeness (QED) is 0.797. The normalized spacial score (nSPS) is 20.0. The Morgan fingerprint density at radius 2 is 2.13 bits per heavy atom. The van der Waals surface area contributed by atoms with Crippen LogP contribution in [-0.2, 0) is 0 Å². The molecule has 1 N–H and O–H groups in total. The van der Waals surface area contributed by atoms with Crippen LogP contribution in [0.15, 0.2) is 18.2 Å². The Bertz CT molecular complexity index is 420. The van der Waals surface area contributed by atoms with Gasteiger partial charge < -0.3 is 9.84 Å². The third-order valence-electron chi connectivity index (χ3n) is 2.33. The highest BCUT2D eigenvalue weighted by molar-refractivity contribution is 6.31. The van der Waals surface area contributed by atoms with Gasteiger partial charge in [-0.15, -0.1) is 0 Å². The molecule has 0 bridgehead atoms. The second-order valence-electron chi connectivity index (χ2n) is 4.16. The fourth-order valence-corrected chi connectivity index (χ4v) is 1.76. The van der Waals surface area contributed by atoms with E-state index in [0.717, 1.165) is 0 Å². The molecule has 1 atom stereocenters. The predicted octanol–water partition coefficient (Wildman–Crippen LogP) is 2.05. The maximum Gasteiger partial charge on any atom is 0.210 e. The molecule has 3 nitrogen and oxygen atoms in total. The summed E-state index contributed by atoms with van der Waals surface area (Å²) in [6.45, 7) is 3.09. The van der Waals surface area contributed by atoms with E-state index in [4.69, 9.17) is 16.3 Å². The summed E-state index contributed by atoms with van der Waals surface area (Å²) >= 11 is 5.78. The molecule has 0 aliphatic carbocycles. The average molecular weight is 227 g/mol. The summed E-state index contributed by atoms with van der Waals surface area (Å²) in [5, 5.41) is 10.2. The molecular formula is C11H11ClO3. The van der Waals surface area contributed by atoms with E-state index in [9.17, 15) is 9.90 Å². The molecule has 1 aliphatic heterocycles. The molecule has 1 aliphatic rings. The van der Waals surface area contributed by atoms with Crippen molar-refractivity contribution in [1.29, 1.82) is 0 Å². The number of ether oxygens (including phenoxy) is 1. The second kappa shape index (κ2) is 3.22. The van der Waals surface area contributed by atoms with Crippen LogP contribution >= 0.6 is 11.6 Å². The molecule has 1 aromatic rings. The van der Waals surface area contributed by atoms with Crippen molar-refractivity contribution in [3.8, 4) is 5.75 Å². The molecule has 2 rings (SSSR count). The van der Waals surface area contributed by atoms with Gasteiger partial charge >= 0.3 is 0 Å². The van der Waals surface area contributed by atoms with Gasteiger partial charge in [-0.25, -0.2) is 0 Å². The smallest absolute Gasteiger partial charge is 0.210 e. The summed E-state index contributed by atoms with van der Waals surface area (Å²) in [7, 11) is 0. The molecule has 0 aromatic heterocycles. The molecule has 0 saturated carbocycles. The number of hydrogen-bond donors (Lipinski definition) is 1. The van der Waals surface area contributed by atoms with Gasteiger partial charge in [-0.3, -0.25) is 4.79 Å². The van der Waals surface area contributed by atoms with Gasteiger partial charge in [0.1, 0.15) is 11.4 Å². The molecule has 0 spiro atoms.